The van der Waals surface area contributed by atoms with Gasteiger partial charge in [-0.2, -0.15) is 10.2 Å². The summed E-state index contributed by atoms with van der Waals surface area (Å²) in [5.41, 5.74) is 5.14. The average Bonchev–Trinajstić information content (AvgIpc) is 3.08. The molecular weight excluding hydrogens is 340 g/mol. The number of hydrogen-bond donors (Lipinski definition) is 1. The molecule has 6 nitrogen and oxygen atoms in total. The molecule has 0 saturated heterocycles. The third-order valence-corrected chi connectivity index (χ3v) is 4.06. The van der Waals surface area contributed by atoms with Gasteiger partial charge in [0.1, 0.15) is 16.7 Å². The summed E-state index contributed by atoms with van der Waals surface area (Å²) >= 11 is 6.41. The SMILES string of the molecule is Cc1cc(C(=O)N/N=C/c2c(C)nn(-c3ccccc3)c2Cl)c(C)o1. The fourth-order valence-electron chi connectivity index (χ4n) is 2.47. The molecule has 0 fully saturated rings. The predicted molar refractivity (Wildman–Crippen MR) is 96.6 cm³/mol. The highest BCUT2D eigenvalue weighted by Gasteiger charge is 2.14. The molecule has 128 valence electrons. The predicted octanol–water partition coefficient (Wildman–Crippen LogP) is 3.81. The van der Waals surface area contributed by atoms with Crippen LogP contribution < -0.4 is 5.43 Å². The molecule has 0 bridgehead atoms. The Bertz CT molecular complexity index is 942. The number of rotatable bonds is 4. The Labute approximate surface area is 150 Å². The van der Waals surface area contributed by atoms with Crippen LogP contribution in [0.15, 0.2) is 45.9 Å². The van der Waals surface area contributed by atoms with Crippen molar-refractivity contribution >= 4 is 23.7 Å². The second-order valence-corrected chi connectivity index (χ2v) is 5.92. The molecule has 2 heterocycles. The van der Waals surface area contributed by atoms with Gasteiger partial charge in [0.2, 0.25) is 0 Å². The second-order valence-electron chi connectivity index (χ2n) is 5.56. The van der Waals surface area contributed by atoms with Crippen LogP contribution in [0, 0.1) is 20.8 Å². The number of nitrogens with one attached hydrogen (secondary N) is 1. The van der Waals surface area contributed by atoms with Crippen LogP contribution in [0.5, 0.6) is 0 Å². The van der Waals surface area contributed by atoms with Gasteiger partial charge in [-0.05, 0) is 39.0 Å². The summed E-state index contributed by atoms with van der Waals surface area (Å²) in [5.74, 6) is 0.890. The first-order valence-electron chi connectivity index (χ1n) is 7.68. The maximum atomic E-state index is 12.1. The highest BCUT2D eigenvalue weighted by atomic mass is 35.5. The third-order valence-electron chi connectivity index (χ3n) is 3.69. The number of nitrogens with zero attached hydrogens (tertiary/aromatic N) is 3. The molecule has 0 unspecified atom stereocenters. The van der Waals surface area contributed by atoms with Gasteiger partial charge in [-0.15, -0.1) is 0 Å². The molecule has 0 aliphatic heterocycles. The van der Waals surface area contributed by atoms with Crippen LogP contribution in [0.25, 0.3) is 5.69 Å². The molecule has 0 saturated carbocycles. The minimum absolute atomic E-state index is 0.338. The van der Waals surface area contributed by atoms with E-state index in [1.165, 1.54) is 6.21 Å². The number of hydrogen-bond acceptors (Lipinski definition) is 4. The molecule has 7 heteroatoms. The van der Waals surface area contributed by atoms with Gasteiger partial charge in [-0.1, -0.05) is 29.8 Å². The van der Waals surface area contributed by atoms with Crippen LogP contribution in [-0.2, 0) is 0 Å². The Hall–Kier alpha value is -2.86. The fraction of sp³-hybridized carbons (Fsp3) is 0.167. The lowest BCUT2D eigenvalue weighted by Gasteiger charge is -2.01. The number of halogens is 1. The van der Waals surface area contributed by atoms with Crippen molar-refractivity contribution in [2.45, 2.75) is 20.8 Å². The van der Waals surface area contributed by atoms with Crippen LogP contribution in [0.1, 0.15) is 33.1 Å². The number of para-hydroxylation sites is 1. The molecule has 1 N–H and O–H groups in total. The van der Waals surface area contributed by atoms with Gasteiger partial charge in [0, 0.05) is 0 Å². The van der Waals surface area contributed by atoms with Crippen molar-refractivity contribution in [3.63, 3.8) is 0 Å². The number of carbonyl (C=O) groups excluding carboxylic acids is 1. The van der Waals surface area contributed by atoms with Crippen molar-refractivity contribution in [2.24, 2.45) is 5.10 Å². The van der Waals surface area contributed by atoms with E-state index < -0.39 is 0 Å². The zero-order chi connectivity index (χ0) is 18.0. The van der Waals surface area contributed by atoms with Crippen molar-refractivity contribution in [3.05, 3.63) is 69.9 Å². The summed E-state index contributed by atoms with van der Waals surface area (Å²) in [7, 11) is 0. The van der Waals surface area contributed by atoms with Crippen LogP contribution in [0.2, 0.25) is 5.15 Å². The first kappa shape index (κ1) is 17.0. The van der Waals surface area contributed by atoms with Gasteiger partial charge in [0.15, 0.2) is 0 Å². The Morgan fingerprint density at radius 3 is 2.64 bits per heavy atom. The highest BCUT2D eigenvalue weighted by molar-refractivity contribution is 6.32. The molecule has 3 rings (SSSR count). The van der Waals surface area contributed by atoms with E-state index in [9.17, 15) is 4.79 Å². The Kier molecular flexibility index (Phi) is 4.72. The topological polar surface area (TPSA) is 72.4 Å². The first-order chi connectivity index (χ1) is 12.0. The van der Waals surface area contributed by atoms with Crippen LogP contribution in [0.4, 0.5) is 0 Å². The lowest BCUT2D eigenvalue weighted by atomic mass is 10.2. The highest BCUT2D eigenvalue weighted by Crippen LogP contribution is 2.21. The van der Waals surface area contributed by atoms with Crippen LogP contribution >= 0.6 is 11.6 Å². The fourth-order valence-corrected chi connectivity index (χ4v) is 2.79. The third kappa shape index (κ3) is 3.49. The van der Waals surface area contributed by atoms with E-state index in [2.05, 4.69) is 15.6 Å². The number of carbonyl (C=O) groups is 1. The largest absolute Gasteiger partial charge is 0.466 e. The zero-order valence-electron chi connectivity index (χ0n) is 14.1. The smallest absolute Gasteiger partial charge is 0.274 e. The van der Waals surface area contributed by atoms with Crippen LogP contribution in [0.3, 0.4) is 0 Å². The summed E-state index contributed by atoms with van der Waals surface area (Å²) < 4.78 is 6.97. The standard InChI is InChI=1S/C18H17ClN4O2/c1-11-9-15(13(3)25-11)18(24)21-20-10-16-12(2)22-23(17(16)19)14-7-5-4-6-8-14/h4-10H,1-3H3,(H,21,24)/b20-10+. The normalized spacial score (nSPS) is 11.2. The Morgan fingerprint density at radius 2 is 2.00 bits per heavy atom. The van der Waals surface area contributed by atoms with Crippen molar-refractivity contribution in [2.75, 3.05) is 0 Å². The molecule has 2 aromatic heterocycles. The Morgan fingerprint density at radius 1 is 1.28 bits per heavy atom. The minimum Gasteiger partial charge on any atom is -0.466 e. The number of amides is 1. The molecule has 0 atom stereocenters. The molecule has 0 spiro atoms. The van der Waals surface area contributed by atoms with Gasteiger partial charge < -0.3 is 4.42 Å². The zero-order valence-corrected chi connectivity index (χ0v) is 14.8. The molecule has 25 heavy (non-hydrogen) atoms. The second kappa shape index (κ2) is 6.94. The van der Waals surface area contributed by atoms with E-state index >= 15 is 0 Å². The number of aryl methyl sites for hydroxylation is 3. The van der Waals surface area contributed by atoms with Gasteiger partial charge in [0.25, 0.3) is 5.91 Å². The summed E-state index contributed by atoms with van der Waals surface area (Å²) in [6.07, 6.45) is 1.49. The summed E-state index contributed by atoms with van der Waals surface area (Å²) in [5, 5.41) is 8.84. The summed E-state index contributed by atoms with van der Waals surface area (Å²) in [6, 6.07) is 11.2. The summed E-state index contributed by atoms with van der Waals surface area (Å²) in [6.45, 7) is 5.35. The van der Waals surface area contributed by atoms with Crippen molar-refractivity contribution in [1.29, 1.82) is 0 Å². The summed E-state index contributed by atoms with van der Waals surface area (Å²) in [4.78, 5) is 12.1. The number of benzene rings is 1. The molecule has 0 aliphatic rings. The maximum Gasteiger partial charge on any atom is 0.274 e. The maximum absolute atomic E-state index is 12.1. The first-order valence-corrected chi connectivity index (χ1v) is 8.06. The monoisotopic (exact) mass is 356 g/mol. The van der Waals surface area contributed by atoms with Gasteiger partial charge in [0.05, 0.1) is 28.7 Å². The van der Waals surface area contributed by atoms with E-state index in [1.807, 2.05) is 37.3 Å². The molecule has 1 aromatic carbocycles. The molecule has 0 radical (unpaired) electrons. The van der Waals surface area contributed by atoms with E-state index in [4.69, 9.17) is 16.0 Å². The molecule has 0 aliphatic carbocycles. The molecular formula is C18H17ClN4O2. The van der Waals surface area contributed by atoms with Gasteiger partial charge in [-0.25, -0.2) is 10.1 Å². The quantitative estimate of drug-likeness (QED) is 0.570. The lowest BCUT2D eigenvalue weighted by Crippen LogP contribution is -2.17. The lowest BCUT2D eigenvalue weighted by molar-refractivity contribution is 0.0953. The van der Waals surface area contributed by atoms with E-state index in [0.29, 0.717) is 33.5 Å². The van der Waals surface area contributed by atoms with E-state index in [1.54, 1.807) is 24.6 Å². The van der Waals surface area contributed by atoms with Crippen molar-refractivity contribution in [1.82, 2.24) is 15.2 Å². The average molecular weight is 357 g/mol. The number of aromatic nitrogens is 2. The number of hydrazone groups is 1. The van der Waals surface area contributed by atoms with Crippen molar-refractivity contribution in [3.8, 4) is 5.69 Å². The van der Waals surface area contributed by atoms with Gasteiger partial charge >= 0.3 is 0 Å². The minimum atomic E-state index is -0.338. The van der Waals surface area contributed by atoms with Crippen LogP contribution in [-0.4, -0.2) is 21.9 Å². The molecule has 3 aromatic rings. The van der Waals surface area contributed by atoms with E-state index in [0.717, 1.165) is 5.69 Å². The van der Waals surface area contributed by atoms with E-state index in [-0.39, 0.29) is 5.91 Å². The number of furan rings is 1. The Balaban J connectivity index is 1.79. The van der Waals surface area contributed by atoms with Gasteiger partial charge in [-0.3, -0.25) is 4.79 Å². The van der Waals surface area contributed by atoms with Crippen molar-refractivity contribution < 1.29 is 9.21 Å². The molecule has 1 amide bonds.